The molecule has 1 aromatic carbocycles. The van der Waals surface area contributed by atoms with Crippen LogP contribution in [0.4, 0.5) is 0 Å². The summed E-state index contributed by atoms with van der Waals surface area (Å²) in [6.45, 7) is 3.44. The van der Waals surface area contributed by atoms with Gasteiger partial charge in [0, 0.05) is 10.5 Å². The minimum absolute atomic E-state index is 0.234. The maximum atomic E-state index is 11.8. The lowest BCUT2D eigenvalue weighted by Gasteiger charge is -2.12. The van der Waals surface area contributed by atoms with Gasteiger partial charge in [-0.05, 0) is 65.7 Å². The van der Waals surface area contributed by atoms with E-state index in [-0.39, 0.29) is 6.61 Å². The smallest absolute Gasteiger partial charge is 0.276 e. The van der Waals surface area contributed by atoms with Gasteiger partial charge in [0.15, 0.2) is 6.61 Å². The van der Waals surface area contributed by atoms with Crippen LogP contribution in [-0.2, 0) is 9.59 Å². The molecule has 0 saturated carbocycles. The predicted molar refractivity (Wildman–Crippen MR) is 101 cm³/mol. The van der Waals surface area contributed by atoms with Gasteiger partial charge in [0.2, 0.25) is 0 Å². The summed E-state index contributed by atoms with van der Waals surface area (Å²) < 4.78 is 12.4. The highest BCUT2D eigenvalue weighted by Gasteiger charge is 2.10. The molecular weight excluding hydrogens is 456 g/mol. The topological polar surface area (TPSA) is 80.6 Å². The second-order valence-electron chi connectivity index (χ2n) is 5.14. The van der Waals surface area contributed by atoms with E-state index in [0.717, 1.165) is 20.3 Å². The van der Waals surface area contributed by atoms with Gasteiger partial charge in [-0.1, -0.05) is 15.9 Å². The molecule has 132 valence electrons. The second-order valence-corrected chi connectivity index (χ2v) is 6.91. The number of hydrogen-bond acceptors (Lipinski definition) is 4. The Morgan fingerprint density at radius 3 is 2.60 bits per heavy atom. The van der Waals surface area contributed by atoms with Gasteiger partial charge in [-0.25, -0.2) is 0 Å². The van der Waals surface area contributed by atoms with Crippen molar-refractivity contribution in [3.05, 3.63) is 56.4 Å². The molecule has 2 rings (SSSR count). The molecule has 0 aliphatic heterocycles. The standard InChI is InChI=1S/C17H16Br2N2O4/c1-10-7-12(18)8-14(19)17(10)24-9-16(23)21-20-15(22)6-5-13-4-3-11(2)25-13/h3-8H,9H2,1-2H3,(H,20,22)(H,21,23). The molecule has 0 atom stereocenters. The normalized spacial score (nSPS) is 10.7. The molecule has 0 fully saturated rings. The first-order valence-corrected chi connectivity index (χ1v) is 8.85. The van der Waals surface area contributed by atoms with E-state index >= 15 is 0 Å². The number of benzene rings is 1. The van der Waals surface area contributed by atoms with Crippen LogP contribution in [0.1, 0.15) is 17.1 Å². The van der Waals surface area contributed by atoms with E-state index in [0.29, 0.717) is 11.5 Å². The summed E-state index contributed by atoms with van der Waals surface area (Å²) in [5, 5.41) is 0. The van der Waals surface area contributed by atoms with E-state index in [9.17, 15) is 9.59 Å². The van der Waals surface area contributed by atoms with E-state index in [1.54, 1.807) is 12.1 Å². The Kier molecular flexibility index (Phi) is 6.83. The number of ether oxygens (including phenoxy) is 1. The summed E-state index contributed by atoms with van der Waals surface area (Å²) in [5.41, 5.74) is 5.41. The van der Waals surface area contributed by atoms with Crippen molar-refractivity contribution in [2.45, 2.75) is 13.8 Å². The summed E-state index contributed by atoms with van der Waals surface area (Å²) in [6, 6.07) is 7.23. The number of hydrazine groups is 1. The third kappa shape index (κ3) is 6.06. The molecule has 0 unspecified atom stereocenters. The molecule has 1 aromatic heterocycles. The average molecular weight is 472 g/mol. The summed E-state index contributed by atoms with van der Waals surface area (Å²) in [4.78, 5) is 23.4. The number of carbonyl (C=O) groups is 2. The van der Waals surface area contributed by atoms with Gasteiger partial charge in [-0.15, -0.1) is 0 Å². The van der Waals surface area contributed by atoms with Crippen LogP contribution in [-0.4, -0.2) is 18.4 Å². The lowest BCUT2D eigenvalue weighted by molar-refractivity contribution is -0.128. The highest BCUT2D eigenvalue weighted by Crippen LogP contribution is 2.32. The Bertz CT molecular complexity index is 792. The first-order chi connectivity index (χ1) is 11.8. The van der Waals surface area contributed by atoms with Crippen LogP contribution in [0, 0.1) is 13.8 Å². The molecule has 0 radical (unpaired) electrons. The van der Waals surface area contributed by atoms with Crippen molar-refractivity contribution in [3.63, 3.8) is 0 Å². The molecule has 0 aliphatic rings. The fourth-order valence-corrected chi connectivity index (χ4v) is 3.47. The van der Waals surface area contributed by atoms with Gasteiger partial charge in [-0.3, -0.25) is 20.4 Å². The average Bonchev–Trinajstić information content (AvgIpc) is 2.95. The van der Waals surface area contributed by atoms with Gasteiger partial charge in [-0.2, -0.15) is 0 Å². The lowest BCUT2D eigenvalue weighted by Crippen LogP contribution is -2.43. The van der Waals surface area contributed by atoms with E-state index in [1.807, 2.05) is 26.0 Å². The van der Waals surface area contributed by atoms with Gasteiger partial charge < -0.3 is 9.15 Å². The minimum atomic E-state index is -0.483. The Labute approximate surface area is 161 Å². The first-order valence-electron chi connectivity index (χ1n) is 7.27. The van der Waals surface area contributed by atoms with Crippen LogP contribution in [0.3, 0.4) is 0 Å². The zero-order chi connectivity index (χ0) is 18.4. The Balaban J connectivity index is 1.79. The fraction of sp³-hybridized carbons (Fsp3) is 0.176. The molecule has 0 aliphatic carbocycles. The van der Waals surface area contributed by atoms with Gasteiger partial charge in [0.25, 0.3) is 11.8 Å². The maximum Gasteiger partial charge on any atom is 0.276 e. The van der Waals surface area contributed by atoms with Gasteiger partial charge in [0.05, 0.1) is 4.47 Å². The monoisotopic (exact) mass is 470 g/mol. The van der Waals surface area contributed by atoms with Crippen LogP contribution >= 0.6 is 31.9 Å². The number of amides is 2. The largest absolute Gasteiger partial charge is 0.482 e. The van der Waals surface area contributed by atoms with Crippen LogP contribution in [0.25, 0.3) is 6.08 Å². The van der Waals surface area contributed by atoms with Crippen molar-refractivity contribution in [2.75, 3.05) is 6.61 Å². The minimum Gasteiger partial charge on any atom is -0.482 e. The second kappa shape index (κ2) is 8.87. The zero-order valence-electron chi connectivity index (χ0n) is 13.6. The summed E-state index contributed by atoms with van der Waals surface area (Å²) >= 11 is 6.76. The van der Waals surface area contributed by atoms with Crippen LogP contribution in [0.5, 0.6) is 5.75 Å². The molecule has 0 saturated heterocycles. The van der Waals surface area contributed by atoms with Crippen molar-refractivity contribution in [1.82, 2.24) is 10.9 Å². The van der Waals surface area contributed by atoms with Crippen molar-refractivity contribution in [2.24, 2.45) is 0 Å². The maximum absolute atomic E-state index is 11.8. The SMILES string of the molecule is Cc1ccc(C=CC(=O)NNC(=O)COc2c(C)cc(Br)cc2Br)o1. The molecule has 25 heavy (non-hydrogen) atoms. The van der Waals surface area contributed by atoms with Gasteiger partial charge >= 0.3 is 0 Å². The van der Waals surface area contributed by atoms with Crippen molar-refractivity contribution >= 4 is 49.8 Å². The molecule has 0 bridgehead atoms. The molecule has 0 spiro atoms. The molecule has 2 N–H and O–H groups in total. The molecule has 8 heteroatoms. The Hall–Kier alpha value is -2.06. The molecule has 1 heterocycles. The number of aryl methyl sites for hydroxylation is 2. The summed E-state index contributed by atoms with van der Waals surface area (Å²) in [5.74, 6) is 0.906. The van der Waals surface area contributed by atoms with Crippen molar-refractivity contribution in [3.8, 4) is 5.75 Å². The Morgan fingerprint density at radius 2 is 1.96 bits per heavy atom. The van der Waals surface area contributed by atoms with Crippen LogP contribution in [0.2, 0.25) is 0 Å². The van der Waals surface area contributed by atoms with E-state index < -0.39 is 11.8 Å². The fourth-order valence-electron chi connectivity index (χ4n) is 1.92. The van der Waals surface area contributed by atoms with Crippen LogP contribution in [0.15, 0.2) is 43.7 Å². The van der Waals surface area contributed by atoms with E-state index in [1.165, 1.54) is 12.2 Å². The number of carbonyl (C=O) groups excluding carboxylic acids is 2. The molecule has 2 amide bonds. The summed E-state index contributed by atoms with van der Waals surface area (Å²) in [6.07, 6.45) is 2.77. The highest BCUT2D eigenvalue weighted by atomic mass is 79.9. The highest BCUT2D eigenvalue weighted by molar-refractivity contribution is 9.11. The number of halogens is 2. The van der Waals surface area contributed by atoms with Gasteiger partial charge in [0.1, 0.15) is 17.3 Å². The third-order valence-corrected chi connectivity index (χ3v) is 4.07. The predicted octanol–water partition coefficient (Wildman–Crippen LogP) is 3.66. The summed E-state index contributed by atoms with van der Waals surface area (Å²) in [7, 11) is 0. The number of rotatable bonds is 5. The molecule has 2 aromatic rings. The number of nitrogens with one attached hydrogen (secondary N) is 2. The number of hydrogen-bond donors (Lipinski definition) is 2. The Morgan fingerprint density at radius 1 is 1.20 bits per heavy atom. The quantitative estimate of drug-likeness (QED) is 0.515. The number of furan rings is 1. The molecule has 6 nitrogen and oxygen atoms in total. The third-order valence-electron chi connectivity index (χ3n) is 3.03. The van der Waals surface area contributed by atoms with Crippen LogP contribution < -0.4 is 15.6 Å². The van der Waals surface area contributed by atoms with E-state index in [2.05, 4.69) is 42.7 Å². The van der Waals surface area contributed by atoms with Crippen molar-refractivity contribution < 1.29 is 18.7 Å². The van der Waals surface area contributed by atoms with E-state index in [4.69, 9.17) is 9.15 Å². The molecular formula is C17H16Br2N2O4. The lowest BCUT2D eigenvalue weighted by atomic mass is 10.2. The van der Waals surface area contributed by atoms with Crippen molar-refractivity contribution in [1.29, 1.82) is 0 Å². The first kappa shape index (κ1) is 19.3. The zero-order valence-corrected chi connectivity index (χ0v) is 16.7.